The second kappa shape index (κ2) is 11.2. The number of thioether (sulfide) groups is 1. The van der Waals surface area contributed by atoms with E-state index in [9.17, 15) is 25.2 Å². The minimum Gasteiger partial charge on any atom is -0.394 e. The van der Waals surface area contributed by atoms with E-state index in [1.165, 1.54) is 4.90 Å². The molecule has 2 heterocycles. The summed E-state index contributed by atoms with van der Waals surface area (Å²) in [4.78, 5) is 31.0. The second-order valence-corrected chi connectivity index (χ2v) is 9.29. The Bertz CT molecular complexity index is 1180. The first kappa shape index (κ1) is 26.0. The summed E-state index contributed by atoms with van der Waals surface area (Å²) in [5.74, 6) is -0.771. The van der Waals surface area contributed by atoms with Crippen molar-refractivity contribution in [2.24, 2.45) is 5.73 Å². The highest BCUT2D eigenvalue weighted by Crippen LogP contribution is 2.39. The van der Waals surface area contributed by atoms with Gasteiger partial charge < -0.3 is 25.8 Å². The SMILES string of the molecule is CCc1c(C#N)c(SC(C(N)=O)c2ccccc2)nc(N(C)CC(=O)NC2(CO)COC2)c1C#N. The third kappa shape index (κ3) is 5.54. The molecule has 11 heteroatoms. The topological polar surface area (TPSA) is 165 Å². The zero-order chi connectivity index (χ0) is 25.6. The van der Waals surface area contributed by atoms with Crippen LogP contribution in [0.15, 0.2) is 35.4 Å². The number of carbonyl (C=O) groups is 2. The number of carbonyl (C=O) groups excluding carboxylic acids is 2. The Morgan fingerprint density at radius 1 is 1.29 bits per heavy atom. The lowest BCUT2D eigenvalue weighted by Gasteiger charge is -2.40. The number of primary amides is 1. The highest BCUT2D eigenvalue weighted by Gasteiger charge is 2.39. The largest absolute Gasteiger partial charge is 0.394 e. The molecule has 1 aromatic heterocycles. The Kier molecular flexibility index (Phi) is 8.30. The fraction of sp³-hybridized carbons (Fsp3) is 0.375. The van der Waals surface area contributed by atoms with E-state index in [4.69, 9.17) is 10.5 Å². The molecule has 2 aromatic rings. The van der Waals surface area contributed by atoms with E-state index in [0.29, 0.717) is 17.5 Å². The molecular weight excluding hydrogens is 468 g/mol. The number of aromatic nitrogens is 1. The van der Waals surface area contributed by atoms with Gasteiger partial charge in [0.2, 0.25) is 11.8 Å². The minimum absolute atomic E-state index is 0.152. The zero-order valence-electron chi connectivity index (χ0n) is 19.4. The first-order valence-electron chi connectivity index (χ1n) is 10.9. The number of nitrogens with one attached hydrogen (secondary N) is 1. The number of nitrogens with two attached hydrogens (primary N) is 1. The Hall–Kier alpha value is -3.64. The van der Waals surface area contributed by atoms with Crippen molar-refractivity contribution in [1.82, 2.24) is 10.3 Å². The van der Waals surface area contributed by atoms with Gasteiger partial charge in [0, 0.05) is 7.05 Å². The predicted octanol–water partition coefficient (Wildman–Crippen LogP) is 1.02. The molecule has 0 spiro atoms. The van der Waals surface area contributed by atoms with Crippen molar-refractivity contribution < 1.29 is 19.4 Å². The van der Waals surface area contributed by atoms with Gasteiger partial charge in [-0.05, 0) is 17.5 Å². The number of aliphatic hydroxyl groups is 1. The van der Waals surface area contributed by atoms with E-state index in [1.807, 2.05) is 13.0 Å². The van der Waals surface area contributed by atoms with Gasteiger partial charge in [0.25, 0.3) is 0 Å². The molecule has 1 atom stereocenters. The summed E-state index contributed by atoms with van der Waals surface area (Å²) in [7, 11) is 1.61. The van der Waals surface area contributed by atoms with Gasteiger partial charge >= 0.3 is 0 Å². The van der Waals surface area contributed by atoms with E-state index in [0.717, 1.165) is 11.8 Å². The minimum atomic E-state index is -0.811. The molecule has 35 heavy (non-hydrogen) atoms. The van der Waals surface area contributed by atoms with Gasteiger partial charge in [0.05, 0.1) is 37.5 Å². The van der Waals surface area contributed by atoms with Crippen LogP contribution in [0, 0.1) is 22.7 Å². The summed E-state index contributed by atoms with van der Waals surface area (Å²) in [5, 5.41) is 31.6. The zero-order valence-corrected chi connectivity index (χ0v) is 20.3. The van der Waals surface area contributed by atoms with E-state index < -0.39 is 16.7 Å². The first-order chi connectivity index (χ1) is 16.8. The summed E-state index contributed by atoms with van der Waals surface area (Å²) in [5.41, 5.74) is 6.38. The molecule has 1 aliphatic heterocycles. The van der Waals surface area contributed by atoms with Crippen molar-refractivity contribution in [3.63, 3.8) is 0 Å². The van der Waals surface area contributed by atoms with Crippen molar-refractivity contribution in [2.45, 2.75) is 29.2 Å². The Morgan fingerprint density at radius 3 is 2.43 bits per heavy atom. The average molecular weight is 495 g/mol. The molecule has 1 aromatic carbocycles. The Labute approximate surface area is 207 Å². The molecule has 182 valence electrons. The number of aliphatic hydroxyl groups excluding tert-OH is 1. The van der Waals surface area contributed by atoms with Crippen molar-refractivity contribution in [1.29, 1.82) is 10.5 Å². The van der Waals surface area contributed by atoms with Crippen molar-refractivity contribution >= 4 is 29.4 Å². The van der Waals surface area contributed by atoms with Gasteiger partial charge in [0.1, 0.15) is 33.8 Å². The number of rotatable bonds is 10. The molecular formula is C24H26N6O4S. The van der Waals surface area contributed by atoms with E-state index >= 15 is 0 Å². The van der Waals surface area contributed by atoms with Crippen LogP contribution in [0.2, 0.25) is 0 Å². The highest BCUT2D eigenvalue weighted by atomic mass is 32.2. The Balaban J connectivity index is 1.99. The van der Waals surface area contributed by atoms with Crippen LogP contribution in [0.25, 0.3) is 0 Å². The number of nitrogens with zero attached hydrogens (tertiary/aromatic N) is 4. The van der Waals surface area contributed by atoms with Crippen LogP contribution in [0.1, 0.15) is 34.4 Å². The van der Waals surface area contributed by atoms with Crippen LogP contribution in [0.3, 0.4) is 0 Å². The summed E-state index contributed by atoms with van der Waals surface area (Å²) in [6.45, 7) is 1.83. The van der Waals surface area contributed by atoms with Crippen LogP contribution in [-0.2, 0) is 20.7 Å². The van der Waals surface area contributed by atoms with Crippen LogP contribution < -0.4 is 16.0 Å². The van der Waals surface area contributed by atoms with E-state index in [-0.39, 0.29) is 54.2 Å². The third-order valence-electron chi connectivity index (χ3n) is 5.62. The van der Waals surface area contributed by atoms with Gasteiger partial charge in [-0.3, -0.25) is 9.59 Å². The van der Waals surface area contributed by atoms with Crippen LogP contribution in [-0.4, -0.2) is 60.9 Å². The molecule has 1 fully saturated rings. The lowest BCUT2D eigenvalue weighted by atomic mass is 9.99. The molecule has 3 rings (SSSR count). The molecule has 0 radical (unpaired) electrons. The summed E-state index contributed by atoms with van der Waals surface area (Å²) < 4.78 is 5.11. The summed E-state index contributed by atoms with van der Waals surface area (Å²) >= 11 is 1.03. The monoisotopic (exact) mass is 494 g/mol. The average Bonchev–Trinajstić information content (AvgIpc) is 2.83. The fourth-order valence-corrected chi connectivity index (χ4v) is 4.81. The lowest BCUT2D eigenvalue weighted by Crippen LogP contribution is -2.65. The number of amides is 2. The van der Waals surface area contributed by atoms with E-state index in [1.54, 1.807) is 31.3 Å². The maximum Gasteiger partial charge on any atom is 0.240 e. The van der Waals surface area contributed by atoms with Crippen molar-refractivity contribution in [3.8, 4) is 12.1 Å². The highest BCUT2D eigenvalue weighted by molar-refractivity contribution is 8.00. The maximum atomic E-state index is 12.7. The molecule has 10 nitrogen and oxygen atoms in total. The van der Waals surface area contributed by atoms with Crippen LogP contribution in [0.4, 0.5) is 5.82 Å². The number of hydrogen-bond donors (Lipinski definition) is 3. The molecule has 4 N–H and O–H groups in total. The first-order valence-corrected chi connectivity index (χ1v) is 11.8. The van der Waals surface area contributed by atoms with Gasteiger partial charge in [-0.25, -0.2) is 4.98 Å². The lowest BCUT2D eigenvalue weighted by molar-refractivity contribution is -0.136. The van der Waals surface area contributed by atoms with Gasteiger partial charge in [-0.15, -0.1) is 0 Å². The quantitative estimate of drug-likeness (QED) is 0.409. The predicted molar refractivity (Wildman–Crippen MR) is 129 cm³/mol. The number of likely N-dealkylation sites (N-methyl/N-ethyl adjacent to an activating group) is 1. The standard InChI is InChI=1S/C24H26N6O4S/c1-3-16-17(9-25)22(30(2)11-19(32)29-24(12-31)13-34-14-24)28-23(18(16)10-26)35-20(21(27)33)15-7-5-4-6-8-15/h4-8,20,31H,3,11-14H2,1-2H3,(H2,27,33)(H,29,32). The number of ether oxygens (including phenoxy) is 1. The molecule has 0 saturated carbocycles. The molecule has 1 saturated heterocycles. The fourth-order valence-electron chi connectivity index (χ4n) is 3.75. The Morgan fingerprint density at radius 2 is 1.94 bits per heavy atom. The van der Waals surface area contributed by atoms with Crippen molar-refractivity contribution in [2.75, 3.05) is 38.3 Å². The number of benzene rings is 1. The normalized spacial score (nSPS) is 14.7. The van der Waals surface area contributed by atoms with Gasteiger partial charge in [0.15, 0.2) is 0 Å². The number of anilines is 1. The number of pyridine rings is 1. The smallest absolute Gasteiger partial charge is 0.240 e. The third-order valence-corrected chi connectivity index (χ3v) is 6.88. The maximum absolute atomic E-state index is 12.7. The van der Waals surface area contributed by atoms with Crippen molar-refractivity contribution in [3.05, 3.63) is 52.6 Å². The van der Waals surface area contributed by atoms with Crippen LogP contribution >= 0.6 is 11.8 Å². The molecule has 1 unspecified atom stereocenters. The molecule has 1 aliphatic rings. The molecule has 0 aliphatic carbocycles. The van der Waals surface area contributed by atoms with Gasteiger partial charge in [-0.2, -0.15) is 10.5 Å². The van der Waals surface area contributed by atoms with Gasteiger partial charge in [-0.1, -0.05) is 49.0 Å². The van der Waals surface area contributed by atoms with Crippen LogP contribution in [0.5, 0.6) is 0 Å². The van der Waals surface area contributed by atoms with E-state index in [2.05, 4.69) is 22.4 Å². The number of nitriles is 2. The number of hydrogen-bond acceptors (Lipinski definition) is 9. The second-order valence-electron chi connectivity index (χ2n) is 8.19. The molecule has 0 bridgehead atoms. The summed E-state index contributed by atoms with van der Waals surface area (Å²) in [6.07, 6.45) is 0.368. The molecule has 2 amide bonds. The summed E-state index contributed by atoms with van der Waals surface area (Å²) in [6, 6.07) is 13.1.